The first kappa shape index (κ1) is 12.2. The third-order valence-electron chi connectivity index (χ3n) is 2.83. The topological polar surface area (TPSA) is 37.4 Å². The van der Waals surface area contributed by atoms with E-state index in [1.165, 1.54) is 6.07 Å². The molecule has 0 bridgehead atoms. The van der Waals surface area contributed by atoms with Gasteiger partial charge in [0.05, 0.1) is 6.42 Å². The molecule has 1 aromatic carbocycles. The molecule has 0 radical (unpaired) electrons. The van der Waals surface area contributed by atoms with E-state index in [2.05, 4.69) is 0 Å². The van der Waals surface area contributed by atoms with Crippen LogP contribution in [0.5, 0.6) is 0 Å². The van der Waals surface area contributed by atoms with Gasteiger partial charge in [-0.3, -0.25) is 9.00 Å². The van der Waals surface area contributed by atoms with Gasteiger partial charge in [-0.15, -0.1) is 0 Å². The standard InChI is InChI=1S/C12H14FNO2S/c13-11-4-2-1-3-10(11)9-12(15)14-5-7-17(16)8-6-14/h1-4H,5-9H2. The van der Waals surface area contributed by atoms with Gasteiger partial charge in [0.2, 0.25) is 5.91 Å². The van der Waals surface area contributed by atoms with Crippen molar-refractivity contribution in [1.82, 2.24) is 4.90 Å². The molecule has 1 fully saturated rings. The Balaban J connectivity index is 1.98. The molecule has 2 rings (SSSR count). The largest absolute Gasteiger partial charge is 0.341 e. The fourth-order valence-electron chi connectivity index (χ4n) is 1.80. The Morgan fingerprint density at radius 1 is 1.29 bits per heavy atom. The van der Waals surface area contributed by atoms with Crippen molar-refractivity contribution >= 4 is 16.7 Å². The van der Waals surface area contributed by atoms with Crippen LogP contribution in [0.15, 0.2) is 24.3 Å². The van der Waals surface area contributed by atoms with E-state index in [1.807, 2.05) is 0 Å². The summed E-state index contributed by atoms with van der Waals surface area (Å²) in [5.74, 6) is 0.625. The maximum Gasteiger partial charge on any atom is 0.227 e. The van der Waals surface area contributed by atoms with Gasteiger partial charge in [0.15, 0.2) is 0 Å². The lowest BCUT2D eigenvalue weighted by Crippen LogP contribution is -2.42. The molecule has 0 atom stereocenters. The highest BCUT2D eigenvalue weighted by Gasteiger charge is 2.20. The van der Waals surface area contributed by atoms with E-state index in [1.54, 1.807) is 23.1 Å². The molecule has 92 valence electrons. The van der Waals surface area contributed by atoms with Gasteiger partial charge < -0.3 is 4.90 Å². The van der Waals surface area contributed by atoms with E-state index in [9.17, 15) is 13.4 Å². The SMILES string of the molecule is O=C(Cc1ccccc1F)N1CCS(=O)CC1. The summed E-state index contributed by atoms with van der Waals surface area (Å²) in [5, 5.41) is 0. The number of hydrogen-bond donors (Lipinski definition) is 0. The molecule has 1 saturated heterocycles. The predicted octanol–water partition coefficient (Wildman–Crippen LogP) is 0.959. The first-order chi connectivity index (χ1) is 8.16. The van der Waals surface area contributed by atoms with Crippen molar-refractivity contribution in [2.24, 2.45) is 0 Å². The zero-order chi connectivity index (χ0) is 12.3. The van der Waals surface area contributed by atoms with E-state index in [4.69, 9.17) is 0 Å². The molecular formula is C12H14FNO2S. The van der Waals surface area contributed by atoms with Gasteiger partial charge >= 0.3 is 0 Å². The molecule has 0 N–H and O–H groups in total. The van der Waals surface area contributed by atoms with Crippen LogP contribution in [-0.2, 0) is 22.0 Å². The third-order valence-corrected chi connectivity index (χ3v) is 4.11. The quantitative estimate of drug-likeness (QED) is 0.789. The Bertz CT molecular complexity index is 440. The second-order valence-corrected chi connectivity index (χ2v) is 5.69. The Morgan fingerprint density at radius 2 is 1.94 bits per heavy atom. The molecule has 0 unspecified atom stereocenters. The molecule has 1 aliphatic rings. The minimum Gasteiger partial charge on any atom is -0.341 e. The van der Waals surface area contributed by atoms with Gasteiger partial charge in [-0.2, -0.15) is 0 Å². The molecule has 0 aliphatic carbocycles. The number of hydrogen-bond acceptors (Lipinski definition) is 2. The molecular weight excluding hydrogens is 241 g/mol. The second kappa shape index (κ2) is 5.40. The van der Waals surface area contributed by atoms with Crippen LogP contribution >= 0.6 is 0 Å². The molecule has 1 amide bonds. The highest BCUT2D eigenvalue weighted by atomic mass is 32.2. The van der Waals surface area contributed by atoms with Crippen molar-refractivity contribution in [3.63, 3.8) is 0 Å². The highest BCUT2D eigenvalue weighted by molar-refractivity contribution is 7.85. The minimum absolute atomic E-state index is 0.0826. The van der Waals surface area contributed by atoms with Crippen LogP contribution in [0.4, 0.5) is 4.39 Å². The van der Waals surface area contributed by atoms with Gasteiger partial charge in [-0.1, -0.05) is 18.2 Å². The van der Waals surface area contributed by atoms with Crippen LogP contribution in [-0.4, -0.2) is 39.6 Å². The Hall–Kier alpha value is -1.23. The molecule has 0 saturated carbocycles. The Labute approximate surface area is 102 Å². The van der Waals surface area contributed by atoms with Gasteiger partial charge in [-0.25, -0.2) is 4.39 Å². The summed E-state index contributed by atoms with van der Waals surface area (Å²) in [7, 11) is -0.796. The lowest BCUT2D eigenvalue weighted by Gasteiger charge is -2.26. The van der Waals surface area contributed by atoms with Crippen molar-refractivity contribution in [3.8, 4) is 0 Å². The van der Waals surface area contributed by atoms with E-state index in [0.717, 1.165) is 0 Å². The summed E-state index contributed by atoms with van der Waals surface area (Å²) in [6, 6.07) is 6.30. The number of carbonyl (C=O) groups excluding carboxylic acids is 1. The van der Waals surface area contributed by atoms with E-state index in [-0.39, 0.29) is 18.1 Å². The molecule has 1 heterocycles. The molecule has 0 aromatic heterocycles. The zero-order valence-corrected chi connectivity index (χ0v) is 10.2. The summed E-state index contributed by atoms with van der Waals surface area (Å²) in [6.07, 6.45) is 0.0826. The number of carbonyl (C=O) groups is 1. The molecule has 1 aromatic rings. The monoisotopic (exact) mass is 255 g/mol. The second-order valence-electron chi connectivity index (χ2n) is 4.00. The average molecular weight is 255 g/mol. The van der Waals surface area contributed by atoms with Crippen LogP contribution in [0.1, 0.15) is 5.56 Å². The van der Waals surface area contributed by atoms with Crippen LogP contribution in [0.3, 0.4) is 0 Å². The van der Waals surface area contributed by atoms with Gasteiger partial charge in [0.25, 0.3) is 0 Å². The summed E-state index contributed by atoms with van der Waals surface area (Å²) in [6.45, 7) is 1.03. The lowest BCUT2D eigenvalue weighted by atomic mass is 10.1. The number of amides is 1. The van der Waals surface area contributed by atoms with Gasteiger partial charge in [0, 0.05) is 35.4 Å². The van der Waals surface area contributed by atoms with Crippen molar-refractivity contribution in [2.45, 2.75) is 6.42 Å². The first-order valence-corrected chi connectivity index (χ1v) is 7.02. The van der Waals surface area contributed by atoms with Crippen molar-refractivity contribution in [2.75, 3.05) is 24.6 Å². The number of benzene rings is 1. The van der Waals surface area contributed by atoms with Gasteiger partial charge in [-0.05, 0) is 11.6 Å². The highest BCUT2D eigenvalue weighted by Crippen LogP contribution is 2.10. The minimum atomic E-state index is -0.796. The summed E-state index contributed by atoms with van der Waals surface area (Å²) in [5.41, 5.74) is 0.421. The maximum absolute atomic E-state index is 13.4. The van der Waals surface area contributed by atoms with Gasteiger partial charge in [0.1, 0.15) is 5.82 Å². The third kappa shape index (κ3) is 3.12. The number of halogens is 1. The predicted molar refractivity (Wildman–Crippen MR) is 64.6 cm³/mol. The summed E-state index contributed by atoms with van der Waals surface area (Å²) >= 11 is 0. The fourth-order valence-corrected chi connectivity index (χ4v) is 2.86. The molecule has 0 spiro atoms. The number of nitrogens with zero attached hydrogens (tertiary/aromatic N) is 1. The van der Waals surface area contributed by atoms with Crippen molar-refractivity contribution in [3.05, 3.63) is 35.6 Å². The van der Waals surface area contributed by atoms with Crippen molar-refractivity contribution in [1.29, 1.82) is 0 Å². The van der Waals surface area contributed by atoms with Crippen LogP contribution in [0.25, 0.3) is 0 Å². The van der Waals surface area contributed by atoms with Crippen LogP contribution in [0, 0.1) is 5.82 Å². The van der Waals surface area contributed by atoms with Crippen LogP contribution < -0.4 is 0 Å². The average Bonchev–Trinajstić information content (AvgIpc) is 2.33. The lowest BCUT2D eigenvalue weighted by molar-refractivity contribution is -0.130. The maximum atomic E-state index is 13.4. The Morgan fingerprint density at radius 3 is 2.59 bits per heavy atom. The summed E-state index contributed by atoms with van der Waals surface area (Å²) < 4.78 is 24.5. The molecule has 1 aliphatic heterocycles. The summed E-state index contributed by atoms with van der Waals surface area (Å²) in [4.78, 5) is 13.5. The van der Waals surface area contributed by atoms with Crippen LogP contribution in [0.2, 0.25) is 0 Å². The number of rotatable bonds is 2. The normalized spacial score (nSPS) is 17.1. The first-order valence-electron chi connectivity index (χ1n) is 5.53. The Kier molecular flexibility index (Phi) is 3.89. The van der Waals surface area contributed by atoms with E-state index in [0.29, 0.717) is 30.2 Å². The van der Waals surface area contributed by atoms with E-state index >= 15 is 0 Å². The molecule has 17 heavy (non-hydrogen) atoms. The molecule has 5 heteroatoms. The molecule has 3 nitrogen and oxygen atoms in total. The van der Waals surface area contributed by atoms with Crippen molar-refractivity contribution < 1.29 is 13.4 Å². The zero-order valence-electron chi connectivity index (χ0n) is 9.39. The van der Waals surface area contributed by atoms with E-state index < -0.39 is 10.8 Å². The smallest absolute Gasteiger partial charge is 0.227 e. The fraction of sp³-hybridized carbons (Fsp3) is 0.417.